The number of hydrogen-bond donors (Lipinski definition) is 2. The van der Waals surface area contributed by atoms with E-state index in [-0.39, 0.29) is 19.8 Å². The van der Waals surface area contributed by atoms with Gasteiger partial charge in [0.1, 0.15) is 0 Å². The van der Waals surface area contributed by atoms with Gasteiger partial charge in [-0.05, 0) is 12.8 Å². The van der Waals surface area contributed by atoms with Crippen molar-refractivity contribution in [1.29, 1.82) is 0 Å². The molecule has 0 aliphatic heterocycles. The van der Waals surface area contributed by atoms with E-state index in [9.17, 15) is 4.79 Å². The van der Waals surface area contributed by atoms with Gasteiger partial charge in [0, 0.05) is 13.7 Å². The van der Waals surface area contributed by atoms with Crippen LogP contribution >= 0.6 is 0 Å². The van der Waals surface area contributed by atoms with Crippen molar-refractivity contribution in [3.8, 4) is 0 Å². The van der Waals surface area contributed by atoms with E-state index in [0.717, 1.165) is 0 Å². The highest BCUT2D eigenvalue weighted by Crippen LogP contribution is 2.17. The smallest absolute Gasteiger partial charge is 0.338 e. The van der Waals surface area contributed by atoms with Gasteiger partial charge in [0.2, 0.25) is 0 Å². The predicted molar refractivity (Wildman–Crippen MR) is 50.2 cm³/mol. The summed E-state index contributed by atoms with van der Waals surface area (Å²) in [6.45, 7) is 1.96. The molecule has 2 N–H and O–H groups in total. The number of hydrogen-bond acceptors (Lipinski definition) is 4. The van der Waals surface area contributed by atoms with Gasteiger partial charge in [0.25, 0.3) is 0 Å². The molecule has 0 aromatic carbocycles. The van der Waals surface area contributed by atoms with Crippen molar-refractivity contribution in [1.82, 2.24) is 0 Å². The van der Waals surface area contributed by atoms with E-state index in [4.69, 9.17) is 19.7 Å². The minimum atomic E-state index is -1.27. The lowest BCUT2D eigenvalue weighted by atomic mass is 10.0. The molecule has 0 fully saturated rings. The molecule has 0 amide bonds. The minimum absolute atomic E-state index is 0.00754. The summed E-state index contributed by atoms with van der Waals surface area (Å²) in [5.41, 5.74) is -1.27. The van der Waals surface area contributed by atoms with E-state index in [0.29, 0.717) is 12.8 Å². The van der Waals surface area contributed by atoms with Gasteiger partial charge in [-0.2, -0.15) is 0 Å². The first-order valence-corrected chi connectivity index (χ1v) is 4.60. The van der Waals surface area contributed by atoms with Gasteiger partial charge in [-0.25, -0.2) is 4.79 Å². The molecule has 0 aliphatic rings. The molecule has 0 bridgehead atoms. The summed E-state index contributed by atoms with van der Waals surface area (Å²) in [7, 11) is 1.43. The Balaban J connectivity index is 4.26. The Kier molecular flexibility index (Phi) is 6.44. The molecule has 0 spiro atoms. The lowest BCUT2D eigenvalue weighted by Crippen LogP contribution is -2.45. The molecule has 84 valence electrons. The third kappa shape index (κ3) is 3.61. The highest BCUT2D eigenvalue weighted by Gasteiger charge is 2.37. The molecular weight excluding hydrogens is 188 g/mol. The van der Waals surface area contributed by atoms with Crippen LogP contribution in [0.5, 0.6) is 0 Å². The Bertz CT molecular complexity index is 171. The molecule has 5 heteroatoms. The fourth-order valence-corrected chi connectivity index (χ4v) is 1.09. The summed E-state index contributed by atoms with van der Waals surface area (Å²) in [5, 5.41) is 17.5. The third-order valence-corrected chi connectivity index (χ3v) is 2.02. The van der Waals surface area contributed by atoms with Gasteiger partial charge in [-0.1, -0.05) is 6.92 Å². The molecular formula is C9H18O5. The number of rotatable bonds is 8. The first kappa shape index (κ1) is 13.4. The van der Waals surface area contributed by atoms with E-state index in [1.807, 2.05) is 0 Å². The van der Waals surface area contributed by atoms with Crippen molar-refractivity contribution in [2.24, 2.45) is 0 Å². The topological polar surface area (TPSA) is 76.0 Å². The average molecular weight is 206 g/mol. The molecule has 1 unspecified atom stereocenters. The quantitative estimate of drug-likeness (QED) is 0.557. The monoisotopic (exact) mass is 206 g/mol. The number of carboxylic acid groups (broad SMARTS) is 1. The molecule has 0 aliphatic carbocycles. The lowest BCUT2D eigenvalue weighted by Gasteiger charge is -2.27. The maximum absolute atomic E-state index is 11.0. The van der Waals surface area contributed by atoms with Gasteiger partial charge < -0.3 is 19.7 Å². The van der Waals surface area contributed by atoms with Crippen LogP contribution in [0, 0.1) is 0 Å². The molecule has 1 atom stereocenters. The van der Waals surface area contributed by atoms with Crippen LogP contribution in [0.2, 0.25) is 0 Å². The second-order valence-electron chi connectivity index (χ2n) is 3.01. The number of ether oxygens (including phenoxy) is 2. The predicted octanol–water partition coefficient (Wildman–Crippen LogP) is 0.265. The van der Waals surface area contributed by atoms with Crippen molar-refractivity contribution >= 4 is 5.97 Å². The maximum atomic E-state index is 11.0. The lowest BCUT2D eigenvalue weighted by molar-refractivity contribution is -0.174. The van der Waals surface area contributed by atoms with Crippen LogP contribution < -0.4 is 0 Å². The largest absolute Gasteiger partial charge is 0.479 e. The minimum Gasteiger partial charge on any atom is -0.479 e. The molecule has 0 saturated heterocycles. The van der Waals surface area contributed by atoms with Crippen LogP contribution in [-0.4, -0.2) is 48.7 Å². The Morgan fingerprint density at radius 1 is 1.50 bits per heavy atom. The van der Waals surface area contributed by atoms with Crippen LogP contribution in [0.15, 0.2) is 0 Å². The van der Waals surface area contributed by atoms with E-state index in [2.05, 4.69) is 0 Å². The van der Waals surface area contributed by atoms with Crippen molar-refractivity contribution in [2.75, 3.05) is 26.9 Å². The number of aliphatic carboxylic acids is 1. The van der Waals surface area contributed by atoms with E-state index >= 15 is 0 Å². The second kappa shape index (κ2) is 6.75. The number of carboxylic acids is 1. The standard InChI is InChI=1S/C9H18O5/c1-3-9(7-13-2,8(11)12)14-6-4-5-10/h10H,3-7H2,1-2H3,(H,11,12). The van der Waals surface area contributed by atoms with Crippen LogP contribution in [0.4, 0.5) is 0 Å². The molecule has 0 rings (SSSR count). The molecule has 0 aromatic rings. The van der Waals surface area contributed by atoms with E-state index in [1.54, 1.807) is 6.92 Å². The molecule has 0 radical (unpaired) electrons. The number of aliphatic hydroxyl groups excluding tert-OH is 1. The van der Waals surface area contributed by atoms with Gasteiger partial charge in [0.15, 0.2) is 5.60 Å². The fourth-order valence-electron chi connectivity index (χ4n) is 1.09. The summed E-state index contributed by atoms with van der Waals surface area (Å²) < 4.78 is 10.1. The first-order valence-electron chi connectivity index (χ1n) is 4.60. The second-order valence-corrected chi connectivity index (χ2v) is 3.01. The highest BCUT2D eigenvalue weighted by molar-refractivity contribution is 5.77. The summed E-state index contributed by atoms with van der Waals surface area (Å²) >= 11 is 0. The summed E-state index contributed by atoms with van der Waals surface area (Å²) in [4.78, 5) is 11.0. The number of methoxy groups -OCH3 is 1. The molecule has 0 heterocycles. The molecule has 5 nitrogen and oxygen atoms in total. The first-order chi connectivity index (χ1) is 6.63. The highest BCUT2D eigenvalue weighted by atomic mass is 16.6. The van der Waals surface area contributed by atoms with Crippen LogP contribution in [0.3, 0.4) is 0 Å². The maximum Gasteiger partial charge on any atom is 0.338 e. The Morgan fingerprint density at radius 3 is 2.50 bits per heavy atom. The molecule has 14 heavy (non-hydrogen) atoms. The Hall–Kier alpha value is -0.650. The van der Waals surface area contributed by atoms with Gasteiger partial charge in [0.05, 0.1) is 13.2 Å². The van der Waals surface area contributed by atoms with Crippen molar-refractivity contribution in [2.45, 2.75) is 25.4 Å². The summed E-state index contributed by atoms with van der Waals surface area (Å²) in [6.07, 6.45) is 0.764. The van der Waals surface area contributed by atoms with Crippen molar-refractivity contribution < 1.29 is 24.5 Å². The SMILES string of the molecule is CCC(COC)(OCCCO)C(=O)O. The Morgan fingerprint density at radius 2 is 2.14 bits per heavy atom. The number of carbonyl (C=O) groups is 1. The van der Waals surface area contributed by atoms with Crippen molar-refractivity contribution in [3.05, 3.63) is 0 Å². The van der Waals surface area contributed by atoms with Crippen LogP contribution in [0.1, 0.15) is 19.8 Å². The van der Waals surface area contributed by atoms with E-state index < -0.39 is 11.6 Å². The van der Waals surface area contributed by atoms with Crippen LogP contribution in [0.25, 0.3) is 0 Å². The zero-order valence-corrected chi connectivity index (χ0v) is 8.65. The third-order valence-electron chi connectivity index (χ3n) is 2.02. The fraction of sp³-hybridized carbons (Fsp3) is 0.889. The van der Waals surface area contributed by atoms with E-state index in [1.165, 1.54) is 7.11 Å². The van der Waals surface area contributed by atoms with Gasteiger partial charge in [-0.15, -0.1) is 0 Å². The molecule has 0 saturated carbocycles. The summed E-state index contributed by atoms with van der Waals surface area (Å²) in [5.74, 6) is -1.03. The Labute approximate surface area is 83.6 Å². The average Bonchev–Trinajstić information content (AvgIpc) is 2.16. The summed E-state index contributed by atoms with van der Waals surface area (Å²) in [6, 6.07) is 0. The zero-order valence-electron chi connectivity index (χ0n) is 8.65. The normalized spacial score (nSPS) is 15.1. The number of aliphatic hydroxyl groups is 1. The van der Waals surface area contributed by atoms with Gasteiger partial charge >= 0.3 is 5.97 Å². The zero-order chi connectivity index (χ0) is 11.0. The van der Waals surface area contributed by atoms with Crippen molar-refractivity contribution in [3.63, 3.8) is 0 Å². The van der Waals surface area contributed by atoms with Crippen LogP contribution in [-0.2, 0) is 14.3 Å². The molecule has 0 aromatic heterocycles. The van der Waals surface area contributed by atoms with Gasteiger partial charge in [-0.3, -0.25) is 0 Å².